The molecule has 38 heavy (non-hydrogen) atoms. The Balaban J connectivity index is 1.95. The summed E-state index contributed by atoms with van der Waals surface area (Å²) >= 11 is 0. The Hall–Kier alpha value is -4.06. The van der Waals surface area contributed by atoms with Crippen molar-refractivity contribution in [2.75, 3.05) is 18.6 Å². The highest BCUT2D eigenvalue weighted by molar-refractivity contribution is 6.51. The lowest BCUT2D eigenvalue weighted by molar-refractivity contribution is -0.132. The lowest BCUT2D eigenvalue weighted by atomic mass is 9.85. The number of Topliss-reactive ketones (excluding diaryl/α,β-unsaturated/α-hetero) is 1. The summed E-state index contributed by atoms with van der Waals surface area (Å²) in [6.45, 7) is 12.4. The third-order valence-corrected chi connectivity index (χ3v) is 6.94. The van der Waals surface area contributed by atoms with Crippen molar-refractivity contribution in [3.63, 3.8) is 0 Å². The van der Waals surface area contributed by atoms with E-state index in [-0.39, 0.29) is 16.7 Å². The van der Waals surface area contributed by atoms with Gasteiger partial charge >= 0.3 is 0 Å². The molecule has 6 nitrogen and oxygen atoms in total. The van der Waals surface area contributed by atoms with Crippen LogP contribution in [0.1, 0.15) is 61.6 Å². The molecule has 1 aliphatic rings. The van der Waals surface area contributed by atoms with Gasteiger partial charge in [-0.1, -0.05) is 51.1 Å². The number of methoxy groups -OCH3 is 1. The maximum absolute atomic E-state index is 13.6. The molecular formula is C32H35NO5. The van der Waals surface area contributed by atoms with Crippen LogP contribution < -0.4 is 14.4 Å². The van der Waals surface area contributed by atoms with Crippen molar-refractivity contribution in [3.05, 3.63) is 94.1 Å². The minimum atomic E-state index is -0.817. The van der Waals surface area contributed by atoms with E-state index in [1.165, 1.54) is 4.90 Å². The number of aliphatic hydroxyl groups excluding tert-OH is 1. The molecule has 1 amide bonds. The lowest BCUT2D eigenvalue weighted by Crippen LogP contribution is -2.29. The van der Waals surface area contributed by atoms with Crippen LogP contribution in [0.5, 0.6) is 11.5 Å². The van der Waals surface area contributed by atoms with Gasteiger partial charge in [0, 0.05) is 17.3 Å². The first kappa shape index (κ1) is 27.0. The van der Waals surface area contributed by atoms with Crippen LogP contribution in [-0.4, -0.2) is 30.5 Å². The number of aryl methyl sites for hydroxylation is 2. The van der Waals surface area contributed by atoms with E-state index in [0.717, 1.165) is 22.3 Å². The number of ether oxygens (including phenoxy) is 2. The molecule has 0 bridgehead atoms. The normalized spacial score (nSPS) is 17.1. The highest BCUT2D eigenvalue weighted by Crippen LogP contribution is 2.44. The first-order valence-electron chi connectivity index (χ1n) is 12.8. The van der Waals surface area contributed by atoms with Gasteiger partial charge in [0.1, 0.15) is 17.3 Å². The second-order valence-electron chi connectivity index (χ2n) is 10.6. The average molecular weight is 514 g/mol. The number of rotatable bonds is 6. The number of carbonyl (C=O) groups is 2. The van der Waals surface area contributed by atoms with Crippen LogP contribution in [-0.2, 0) is 15.0 Å². The summed E-state index contributed by atoms with van der Waals surface area (Å²) in [5.74, 6) is -0.369. The zero-order chi connectivity index (χ0) is 27.8. The van der Waals surface area contributed by atoms with Gasteiger partial charge in [0.05, 0.1) is 25.3 Å². The fraction of sp³-hybridized carbons (Fsp3) is 0.312. The molecule has 1 fully saturated rings. The second-order valence-corrected chi connectivity index (χ2v) is 10.6. The Morgan fingerprint density at radius 1 is 0.974 bits per heavy atom. The number of aliphatic hydroxyl groups is 1. The van der Waals surface area contributed by atoms with Gasteiger partial charge in [-0.15, -0.1) is 0 Å². The molecular weight excluding hydrogens is 478 g/mol. The van der Waals surface area contributed by atoms with E-state index in [0.29, 0.717) is 29.4 Å². The smallest absolute Gasteiger partial charge is 0.300 e. The lowest BCUT2D eigenvalue weighted by Gasteiger charge is -2.27. The van der Waals surface area contributed by atoms with Gasteiger partial charge in [0.15, 0.2) is 0 Å². The summed E-state index contributed by atoms with van der Waals surface area (Å²) in [6, 6.07) is 17.8. The highest BCUT2D eigenvalue weighted by Gasteiger charge is 2.47. The molecule has 1 atom stereocenters. The summed E-state index contributed by atoms with van der Waals surface area (Å²) in [7, 11) is 1.59. The first-order chi connectivity index (χ1) is 18.0. The molecule has 1 aliphatic heterocycles. The fourth-order valence-corrected chi connectivity index (χ4v) is 4.88. The van der Waals surface area contributed by atoms with Crippen molar-refractivity contribution in [2.24, 2.45) is 0 Å². The van der Waals surface area contributed by atoms with Crippen molar-refractivity contribution in [1.29, 1.82) is 0 Å². The Morgan fingerprint density at radius 3 is 2.26 bits per heavy atom. The zero-order valence-corrected chi connectivity index (χ0v) is 23.1. The number of ketones is 1. The number of benzene rings is 3. The monoisotopic (exact) mass is 513 g/mol. The molecule has 1 heterocycles. The molecule has 198 valence electrons. The van der Waals surface area contributed by atoms with Gasteiger partial charge in [-0.3, -0.25) is 14.5 Å². The Labute approximate surface area is 224 Å². The Bertz CT molecular complexity index is 1410. The van der Waals surface area contributed by atoms with E-state index in [9.17, 15) is 14.7 Å². The Kier molecular flexibility index (Phi) is 7.36. The van der Waals surface area contributed by atoms with Crippen molar-refractivity contribution in [3.8, 4) is 11.5 Å². The molecule has 0 saturated carbocycles. The van der Waals surface area contributed by atoms with Crippen LogP contribution >= 0.6 is 0 Å². The molecule has 3 aromatic rings. The summed E-state index contributed by atoms with van der Waals surface area (Å²) < 4.78 is 11.1. The predicted octanol–water partition coefficient (Wildman–Crippen LogP) is 6.63. The van der Waals surface area contributed by atoms with E-state index in [4.69, 9.17) is 9.47 Å². The molecule has 4 rings (SSSR count). The number of amides is 1. The van der Waals surface area contributed by atoms with Crippen LogP contribution in [0.15, 0.2) is 66.2 Å². The fourth-order valence-electron chi connectivity index (χ4n) is 4.88. The van der Waals surface area contributed by atoms with Gasteiger partial charge < -0.3 is 14.6 Å². The van der Waals surface area contributed by atoms with Crippen LogP contribution in [0.25, 0.3) is 5.76 Å². The minimum Gasteiger partial charge on any atom is -0.507 e. The van der Waals surface area contributed by atoms with Gasteiger partial charge in [-0.25, -0.2) is 0 Å². The first-order valence-corrected chi connectivity index (χ1v) is 12.8. The molecule has 3 aromatic carbocycles. The van der Waals surface area contributed by atoms with Crippen LogP contribution in [0, 0.1) is 13.8 Å². The topological polar surface area (TPSA) is 76.1 Å². The van der Waals surface area contributed by atoms with Crippen molar-refractivity contribution < 1.29 is 24.2 Å². The third-order valence-electron chi connectivity index (χ3n) is 6.94. The maximum Gasteiger partial charge on any atom is 0.300 e. The maximum atomic E-state index is 13.6. The molecule has 6 heteroatoms. The molecule has 0 radical (unpaired) electrons. The second kappa shape index (κ2) is 10.4. The molecule has 1 N–H and O–H groups in total. The SMILES string of the molecule is CCOc1cccc(N2C(=O)C(=O)/C(=C(/O)c3cc(C)c(OC)cc3C)C2c2ccc(C(C)(C)C)cc2)c1. The zero-order valence-electron chi connectivity index (χ0n) is 23.1. The molecule has 0 aromatic heterocycles. The van der Waals surface area contributed by atoms with E-state index in [2.05, 4.69) is 20.8 Å². The number of hydrogen-bond acceptors (Lipinski definition) is 5. The van der Waals surface area contributed by atoms with Crippen molar-refractivity contribution >= 4 is 23.1 Å². The summed E-state index contributed by atoms with van der Waals surface area (Å²) in [5.41, 5.74) is 4.38. The van der Waals surface area contributed by atoms with Gasteiger partial charge in [-0.05, 0) is 72.7 Å². The van der Waals surface area contributed by atoms with Crippen molar-refractivity contribution in [1.82, 2.24) is 0 Å². The molecule has 1 saturated heterocycles. The predicted molar refractivity (Wildman–Crippen MR) is 150 cm³/mol. The summed E-state index contributed by atoms with van der Waals surface area (Å²) in [6.07, 6.45) is 0. The van der Waals surface area contributed by atoms with Gasteiger partial charge in [0.2, 0.25) is 0 Å². The largest absolute Gasteiger partial charge is 0.507 e. The van der Waals surface area contributed by atoms with Gasteiger partial charge in [0.25, 0.3) is 11.7 Å². The van der Waals surface area contributed by atoms with Gasteiger partial charge in [-0.2, -0.15) is 0 Å². The Morgan fingerprint density at radius 2 is 1.66 bits per heavy atom. The quantitative estimate of drug-likeness (QED) is 0.227. The number of carbonyl (C=O) groups excluding carboxylic acids is 2. The van der Waals surface area contributed by atoms with E-state index < -0.39 is 17.7 Å². The third kappa shape index (κ3) is 4.91. The highest BCUT2D eigenvalue weighted by atomic mass is 16.5. The number of anilines is 1. The molecule has 0 aliphatic carbocycles. The summed E-state index contributed by atoms with van der Waals surface area (Å²) in [4.78, 5) is 28.6. The van der Waals surface area contributed by atoms with E-state index in [1.54, 1.807) is 37.4 Å². The summed E-state index contributed by atoms with van der Waals surface area (Å²) in [5, 5.41) is 11.6. The number of hydrogen-bond donors (Lipinski definition) is 1. The van der Waals surface area contributed by atoms with Crippen LogP contribution in [0.3, 0.4) is 0 Å². The van der Waals surface area contributed by atoms with Crippen molar-refractivity contribution in [2.45, 2.75) is 53.0 Å². The van der Waals surface area contributed by atoms with E-state index in [1.807, 2.05) is 51.1 Å². The van der Waals surface area contributed by atoms with E-state index >= 15 is 0 Å². The molecule has 1 unspecified atom stereocenters. The molecule has 0 spiro atoms. The average Bonchev–Trinajstić information content (AvgIpc) is 3.15. The number of nitrogens with zero attached hydrogens (tertiary/aromatic N) is 1. The standard InChI is InChI=1S/C32H35NO5/c1-8-38-24-11-9-10-23(18-24)33-28(21-12-14-22(15-13-21)32(4,5)6)27(30(35)31(33)36)29(34)25-16-20(3)26(37-7)17-19(25)2/h9-18,28,34H,8H2,1-7H3/b29-27+. The van der Waals surface area contributed by atoms with Crippen LogP contribution in [0.4, 0.5) is 5.69 Å². The minimum absolute atomic E-state index is 0.0491. The van der Waals surface area contributed by atoms with Crippen LogP contribution in [0.2, 0.25) is 0 Å².